The fourth-order valence-electron chi connectivity index (χ4n) is 1.69. The van der Waals surface area contributed by atoms with Crippen LogP contribution in [0, 0.1) is 0 Å². The third-order valence-corrected chi connectivity index (χ3v) is 4.14. The Morgan fingerprint density at radius 3 is 2.70 bits per heavy atom. The van der Waals surface area contributed by atoms with E-state index in [1.54, 1.807) is 12.1 Å². The van der Waals surface area contributed by atoms with E-state index < -0.39 is 17.2 Å². The molecule has 8 heteroatoms. The maximum absolute atomic E-state index is 12.1. The first-order chi connectivity index (χ1) is 9.40. The van der Waals surface area contributed by atoms with Crippen molar-refractivity contribution >= 4 is 57.7 Å². The highest BCUT2D eigenvalue weighted by Crippen LogP contribution is 2.27. The summed E-state index contributed by atoms with van der Waals surface area (Å²) in [7, 11) is 0. The van der Waals surface area contributed by atoms with Gasteiger partial charge < -0.3 is 5.32 Å². The normalized spacial score (nSPS) is 16.4. The van der Waals surface area contributed by atoms with Gasteiger partial charge in [-0.3, -0.25) is 19.3 Å². The number of nitrogens with zero attached hydrogens (tertiary/aromatic N) is 1. The number of hydrogen-bond acceptors (Lipinski definition) is 4. The molecule has 1 N–H and O–H groups in total. The summed E-state index contributed by atoms with van der Waals surface area (Å²) in [6, 6.07) is 3.73. The Morgan fingerprint density at radius 2 is 2.10 bits per heavy atom. The minimum atomic E-state index is -0.903. The lowest BCUT2D eigenvalue weighted by Crippen LogP contribution is -2.44. The lowest BCUT2D eigenvalue weighted by atomic mass is 10.2. The molecule has 20 heavy (non-hydrogen) atoms. The molecule has 2 rings (SSSR count). The average Bonchev–Trinajstić information content (AvgIpc) is 2.72. The van der Waals surface area contributed by atoms with Crippen molar-refractivity contribution in [2.75, 3.05) is 11.1 Å². The molecule has 0 spiro atoms. The maximum Gasteiger partial charge on any atom is 0.289 e. The van der Waals surface area contributed by atoms with Gasteiger partial charge in [-0.05, 0) is 25.1 Å². The quantitative estimate of drug-likeness (QED) is 0.923. The topological polar surface area (TPSA) is 66.5 Å². The molecule has 0 saturated carbocycles. The molecule has 5 nitrogen and oxygen atoms in total. The number of halogens is 2. The molecular formula is C12H10Cl2N2O3S. The molecular weight excluding hydrogens is 323 g/mol. The first kappa shape index (κ1) is 15.2. The summed E-state index contributed by atoms with van der Waals surface area (Å²) in [5.74, 6) is -0.813. The Labute approximate surface area is 129 Å². The molecule has 1 aliphatic heterocycles. The van der Waals surface area contributed by atoms with Crippen molar-refractivity contribution in [2.45, 2.75) is 13.0 Å². The zero-order chi connectivity index (χ0) is 14.9. The molecule has 1 aromatic carbocycles. The van der Waals surface area contributed by atoms with Gasteiger partial charge in [-0.1, -0.05) is 35.0 Å². The van der Waals surface area contributed by atoms with Crippen LogP contribution < -0.4 is 5.32 Å². The summed E-state index contributed by atoms with van der Waals surface area (Å²) in [6.07, 6.45) is 0. The van der Waals surface area contributed by atoms with Gasteiger partial charge in [0.15, 0.2) is 0 Å². The average molecular weight is 333 g/mol. The van der Waals surface area contributed by atoms with Gasteiger partial charge in [0.05, 0.1) is 16.5 Å². The van der Waals surface area contributed by atoms with Crippen LogP contribution in [-0.2, 0) is 9.59 Å². The van der Waals surface area contributed by atoms with Gasteiger partial charge in [0.2, 0.25) is 11.8 Å². The fraction of sp³-hybridized carbons (Fsp3) is 0.250. The van der Waals surface area contributed by atoms with E-state index >= 15 is 0 Å². The van der Waals surface area contributed by atoms with Crippen molar-refractivity contribution in [1.82, 2.24) is 4.90 Å². The molecule has 0 radical (unpaired) electrons. The Kier molecular flexibility index (Phi) is 4.57. The molecule has 0 unspecified atom stereocenters. The Bertz CT molecular complexity index is 578. The summed E-state index contributed by atoms with van der Waals surface area (Å²) < 4.78 is 0. The van der Waals surface area contributed by atoms with Crippen molar-refractivity contribution < 1.29 is 14.4 Å². The lowest BCUT2D eigenvalue weighted by Gasteiger charge is -2.21. The van der Waals surface area contributed by atoms with Gasteiger partial charge in [-0.15, -0.1) is 0 Å². The molecule has 3 amide bonds. The lowest BCUT2D eigenvalue weighted by molar-refractivity contribution is -0.131. The van der Waals surface area contributed by atoms with E-state index in [4.69, 9.17) is 23.2 Å². The molecule has 1 fully saturated rings. The Hall–Kier alpha value is -1.24. The molecule has 0 bridgehead atoms. The van der Waals surface area contributed by atoms with Crippen LogP contribution in [0.3, 0.4) is 0 Å². The van der Waals surface area contributed by atoms with Crippen LogP contribution in [0.4, 0.5) is 10.5 Å². The van der Waals surface area contributed by atoms with Crippen LogP contribution in [0.25, 0.3) is 0 Å². The van der Waals surface area contributed by atoms with Gasteiger partial charge in [0.1, 0.15) is 6.04 Å². The van der Waals surface area contributed by atoms with Crippen LogP contribution in [-0.4, -0.2) is 33.7 Å². The number of benzene rings is 1. The summed E-state index contributed by atoms with van der Waals surface area (Å²) >= 11 is 12.6. The largest absolute Gasteiger partial charge is 0.323 e. The number of carbonyl (C=O) groups excluding carboxylic acids is 3. The van der Waals surface area contributed by atoms with Crippen molar-refractivity contribution in [2.24, 2.45) is 0 Å². The minimum Gasteiger partial charge on any atom is -0.323 e. The van der Waals surface area contributed by atoms with Crippen molar-refractivity contribution in [3.63, 3.8) is 0 Å². The van der Waals surface area contributed by atoms with Crippen LogP contribution >= 0.6 is 35.0 Å². The zero-order valence-corrected chi connectivity index (χ0v) is 12.7. The summed E-state index contributed by atoms with van der Waals surface area (Å²) in [6.45, 7) is 1.48. The fourth-order valence-corrected chi connectivity index (χ4v) is 2.81. The van der Waals surface area contributed by atoms with E-state index in [-0.39, 0.29) is 11.7 Å². The number of nitrogens with one attached hydrogen (secondary N) is 1. The Morgan fingerprint density at radius 1 is 1.40 bits per heavy atom. The highest BCUT2D eigenvalue weighted by molar-refractivity contribution is 8.14. The molecule has 0 aromatic heterocycles. The van der Waals surface area contributed by atoms with Crippen molar-refractivity contribution in [3.8, 4) is 0 Å². The van der Waals surface area contributed by atoms with Crippen LogP contribution in [0.2, 0.25) is 10.0 Å². The van der Waals surface area contributed by atoms with E-state index in [1.165, 1.54) is 13.0 Å². The van der Waals surface area contributed by atoms with Crippen LogP contribution in [0.5, 0.6) is 0 Å². The molecule has 0 aliphatic carbocycles. The predicted octanol–water partition coefficient (Wildman–Crippen LogP) is 3.02. The van der Waals surface area contributed by atoms with E-state index in [0.29, 0.717) is 15.7 Å². The van der Waals surface area contributed by atoms with Crippen molar-refractivity contribution in [1.29, 1.82) is 0 Å². The summed E-state index contributed by atoms with van der Waals surface area (Å²) in [5.41, 5.74) is 0.336. The standard InChI is InChI=1S/C12H10Cl2N2O3S/c1-6(16-10(17)5-20-12(16)19)11(18)15-9-4-7(13)2-3-8(9)14/h2-4,6H,5H2,1H3,(H,15,18)/t6-/m1/s1. The van der Waals surface area contributed by atoms with E-state index in [0.717, 1.165) is 16.7 Å². The number of hydrogen-bond donors (Lipinski definition) is 1. The second kappa shape index (κ2) is 6.03. The molecule has 1 heterocycles. The molecule has 106 valence electrons. The number of carbonyl (C=O) groups is 3. The second-order valence-electron chi connectivity index (χ2n) is 4.11. The second-order valence-corrected chi connectivity index (χ2v) is 5.88. The number of amides is 3. The Balaban J connectivity index is 2.13. The van der Waals surface area contributed by atoms with E-state index in [1.807, 2.05) is 0 Å². The third kappa shape index (κ3) is 3.08. The third-order valence-electron chi connectivity index (χ3n) is 2.74. The van der Waals surface area contributed by atoms with Crippen LogP contribution in [0.15, 0.2) is 18.2 Å². The minimum absolute atomic E-state index is 0.0639. The first-order valence-corrected chi connectivity index (χ1v) is 7.39. The first-order valence-electron chi connectivity index (χ1n) is 5.65. The van der Waals surface area contributed by atoms with Gasteiger partial charge in [-0.25, -0.2) is 0 Å². The molecule has 1 saturated heterocycles. The van der Waals surface area contributed by atoms with Gasteiger partial charge in [0, 0.05) is 5.02 Å². The van der Waals surface area contributed by atoms with Crippen LogP contribution in [0.1, 0.15) is 6.92 Å². The van der Waals surface area contributed by atoms with Crippen molar-refractivity contribution in [3.05, 3.63) is 28.2 Å². The maximum atomic E-state index is 12.1. The number of thioether (sulfide) groups is 1. The number of rotatable bonds is 3. The molecule has 1 aromatic rings. The SMILES string of the molecule is C[C@H](C(=O)Nc1cc(Cl)ccc1Cl)N1C(=O)CSC1=O. The highest BCUT2D eigenvalue weighted by Gasteiger charge is 2.37. The zero-order valence-electron chi connectivity index (χ0n) is 10.4. The predicted molar refractivity (Wildman–Crippen MR) is 79.3 cm³/mol. The van der Waals surface area contributed by atoms with Gasteiger partial charge in [0.25, 0.3) is 5.24 Å². The van der Waals surface area contributed by atoms with Gasteiger partial charge >= 0.3 is 0 Å². The highest BCUT2D eigenvalue weighted by atomic mass is 35.5. The smallest absolute Gasteiger partial charge is 0.289 e. The van der Waals surface area contributed by atoms with Gasteiger partial charge in [-0.2, -0.15) is 0 Å². The number of anilines is 1. The summed E-state index contributed by atoms with van der Waals surface area (Å²) in [4.78, 5) is 36.1. The molecule has 1 aliphatic rings. The summed E-state index contributed by atoms with van der Waals surface area (Å²) in [5, 5.41) is 2.88. The van der Waals surface area contributed by atoms with E-state index in [2.05, 4.69) is 5.32 Å². The molecule has 1 atom stereocenters. The monoisotopic (exact) mass is 332 g/mol. The number of imide groups is 1. The van der Waals surface area contributed by atoms with E-state index in [9.17, 15) is 14.4 Å².